The van der Waals surface area contributed by atoms with E-state index >= 15 is 0 Å². The Labute approximate surface area is 81.7 Å². The molecule has 0 spiro atoms. The number of aliphatic hydroxyl groups is 1. The Morgan fingerprint density at radius 3 is 2.62 bits per heavy atom. The Kier molecular flexibility index (Phi) is 5.40. The molecule has 0 aromatic carbocycles. The number of hydrogen-bond acceptors (Lipinski definition) is 2. The molecule has 2 nitrogen and oxygen atoms in total. The summed E-state index contributed by atoms with van der Waals surface area (Å²) in [5.41, 5.74) is 0. The number of nitrogens with one attached hydrogen (secondary N) is 1. The van der Waals surface area contributed by atoms with E-state index in [0.717, 1.165) is 12.3 Å². The zero-order valence-corrected chi connectivity index (χ0v) is 8.76. The van der Waals surface area contributed by atoms with Gasteiger partial charge in [-0.25, -0.2) is 0 Å². The first kappa shape index (κ1) is 11.0. The highest BCUT2D eigenvalue weighted by Crippen LogP contribution is 2.27. The third kappa shape index (κ3) is 4.63. The van der Waals surface area contributed by atoms with Gasteiger partial charge in [-0.15, -0.1) is 0 Å². The van der Waals surface area contributed by atoms with Crippen LogP contribution >= 0.6 is 0 Å². The van der Waals surface area contributed by atoms with E-state index in [2.05, 4.69) is 5.32 Å². The molecule has 0 aliphatic heterocycles. The summed E-state index contributed by atoms with van der Waals surface area (Å²) in [6, 6.07) is 0. The maximum Gasteiger partial charge on any atom is 0.104 e. The maximum atomic E-state index is 9.28. The van der Waals surface area contributed by atoms with Crippen LogP contribution in [-0.4, -0.2) is 18.4 Å². The minimum atomic E-state index is -0.288. The van der Waals surface area contributed by atoms with Gasteiger partial charge in [-0.05, 0) is 25.8 Å². The summed E-state index contributed by atoms with van der Waals surface area (Å²) in [5.74, 6) is 0.956. The third-order valence-electron chi connectivity index (χ3n) is 3.15. The van der Waals surface area contributed by atoms with Crippen LogP contribution < -0.4 is 5.32 Å². The van der Waals surface area contributed by atoms with E-state index in [1.165, 1.54) is 44.9 Å². The summed E-state index contributed by atoms with van der Waals surface area (Å²) < 4.78 is 0. The standard InChI is InChI=1S/C11H23NO/c1-12-11(13)9-5-8-10-6-3-2-4-7-10/h10-13H,2-9H2,1H3. The van der Waals surface area contributed by atoms with Gasteiger partial charge in [-0.2, -0.15) is 0 Å². The van der Waals surface area contributed by atoms with Gasteiger partial charge in [0.05, 0.1) is 0 Å². The van der Waals surface area contributed by atoms with Gasteiger partial charge in [0.1, 0.15) is 6.23 Å². The predicted molar refractivity (Wildman–Crippen MR) is 55.5 cm³/mol. The van der Waals surface area contributed by atoms with Gasteiger partial charge >= 0.3 is 0 Å². The van der Waals surface area contributed by atoms with Crippen molar-refractivity contribution in [3.05, 3.63) is 0 Å². The summed E-state index contributed by atoms with van der Waals surface area (Å²) in [6.45, 7) is 0. The Morgan fingerprint density at radius 2 is 2.00 bits per heavy atom. The van der Waals surface area contributed by atoms with Gasteiger partial charge in [0.2, 0.25) is 0 Å². The average Bonchev–Trinajstić information content (AvgIpc) is 2.19. The Balaban J connectivity index is 1.98. The van der Waals surface area contributed by atoms with Crippen LogP contribution in [0.1, 0.15) is 51.4 Å². The van der Waals surface area contributed by atoms with Crippen molar-refractivity contribution in [1.82, 2.24) is 5.32 Å². The molecule has 1 aliphatic carbocycles. The predicted octanol–water partition coefficient (Wildman–Crippen LogP) is 2.27. The molecule has 1 aliphatic rings. The molecule has 0 aromatic rings. The third-order valence-corrected chi connectivity index (χ3v) is 3.15. The van der Waals surface area contributed by atoms with Crippen molar-refractivity contribution in [3.8, 4) is 0 Å². The number of hydrogen-bond donors (Lipinski definition) is 2. The second kappa shape index (κ2) is 6.39. The molecule has 1 saturated carbocycles. The van der Waals surface area contributed by atoms with Crippen molar-refractivity contribution in [2.75, 3.05) is 7.05 Å². The van der Waals surface area contributed by atoms with Gasteiger partial charge in [0.15, 0.2) is 0 Å². The lowest BCUT2D eigenvalue weighted by atomic mass is 9.86. The molecule has 0 heterocycles. The molecule has 78 valence electrons. The second-order valence-electron chi connectivity index (χ2n) is 4.24. The maximum absolute atomic E-state index is 9.28. The first-order valence-corrected chi connectivity index (χ1v) is 5.68. The molecule has 1 fully saturated rings. The molecule has 0 saturated heterocycles. The van der Waals surface area contributed by atoms with Crippen molar-refractivity contribution in [2.24, 2.45) is 5.92 Å². The molecule has 0 amide bonds. The van der Waals surface area contributed by atoms with Crippen LogP contribution in [0.3, 0.4) is 0 Å². The summed E-state index contributed by atoms with van der Waals surface area (Å²) in [7, 11) is 1.81. The average molecular weight is 185 g/mol. The zero-order chi connectivity index (χ0) is 9.52. The summed E-state index contributed by atoms with van der Waals surface area (Å²) >= 11 is 0. The quantitative estimate of drug-likeness (QED) is 0.644. The summed E-state index contributed by atoms with van der Waals surface area (Å²) in [4.78, 5) is 0. The van der Waals surface area contributed by atoms with Gasteiger partial charge in [-0.3, -0.25) is 5.32 Å². The number of aliphatic hydroxyl groups excluding tert-OH is 1. The van der Waals surface area contributed by atoms with Gasteiger partial charge in [0, 0.05) is 0 Å². The van der Waals surface area contributed by atoms with Crippen molar-refractivity contribution >= 4 is 0 Å². The smallest absolute Gasteiger partial charge is 0.104 e. The van der Waals surface area contributed by atoms with Crippen molar-refractivity contribution < 1.29 is 5.11 Å². The lowest BCUT2D eigenvalue weighted by Gasteiger charge is -2.21. The highest BCUT2D eigenvalue weighted by Gasteiger charge is 2.13. The van der Waals surface area contributed by atoms with Crippen LogP contribution in [0.5, 0.6) is 0 Å². The largest absolute Gasteiger partial charge is 0.379 e. The fourth-order valence-electron chi connectivity index (χ4n) is 2.22. The van der Waals surface area contributed by atoms with E-state index in [4.69, 9.17) is 0 Å². The molecular weight excluding hydrogens is 162 g/mol. The van der Waals surface area contributed by atoms with Crippen LogP contribution in [-0.2, 0) is 0 Å². The Bertz CT molecular complexity index is 121. The van der Waals surface area contributed by atoms with Crippen LogP contribution in [0.15, 0.2) is 0 Å². The minimum absolute atomic E-state index is 0.288. The normalized spacial score (nSPS) is 21.7. The van der Waals surface area contributed by atoms with E-state index in [0.29, 0.717) is 0 Å². The lowest BCUT2D eigenvalue weighted by molar-refractivity contribution is 0.130. The summed E-state index contributed by atoms with van der Waals surface area (Å²) in [5, 5.41) is 12.1. The molecule has 2 heteroatoms. The summed E-state index contributed by atoms with van der Waals surface area (Å²) in [6.07, 6.45) is 10.3. The van der Waals surface area contributed by atoms with E-state index in [9.17, 15) is 5.11 Å². The van der Waals surface area contributed by atoms with E-state index < -0.39 is 0 Å². The fourth-order valence-corrected chi connectivity index (χ4v) is 2.22. The van der Waals surface area contributed by atoms with E-state index in [1.54, 1.807) is 0 Å². The fraction of sp³-hybridized carbons (Fsp3) is 1.00. The molecule has 0 aromatic heterocycles. The molecule has 2 N–H and O–H groups in total. The van der Waals surface area contributed by atoms with Crippen molar-refractivity contribution in [1.29, 1.82) is 0 Å². The van der Waals surface area contributed by atoms with Crippen molar-refractivity contribution in [3.63, 3.8) is 0 Å². The van der Waals surface area contributed by atoms with Gasteiger partial charge in [-0.1, -0.05) is 38.5 Å². The van der Waals surface area contributed by atoms with E-state index in [1.807, 2.05) is 7.05 Å². The molecule has 13 heavy (non-hydrogen) atoms. The zero-order valence-electron chi connectivity index (χ0n) is 8.76. The highest BCUT2D eigenvalue weighted by atomic mass is 16.3. The van der Waals surface area contributed by atoms with Crippen LogP contribution in [0.2, 0.25) is 0 Å². The van der Waals surface area contributed by atoms with Crippen LogP contribution in [0, 0.1) is 5.92 Å². The number of rotatable bonds is 5. The first-order chi connectivity index (χ1) is 6.33. The molecular formula is C11H23NO. The topological polar surface area (TPSA) is 32.3 Å². The monoisotopic (exact) mass is 185 g/mol. The minimum Gasteiger partial charge on any atom is -0.379 e. The van der Waals surface area contributed by atoms with Gasteiger partial charge < -0.3 is 5.11 Å². The molecule has 1 atom stereocenters. The molecule has 1 unspecified atom stereocenters. The highest BCUT2D eigenvalue weighted by molar-refractivity contribution is 4.66. The van der Waals surface area contributed by atoms with Crippen LogP contribution in [0.25, 0.3) is 0 Å². The van der Waals surface area contributed by atoms with Gasteiger partial charge in [0.25, 0.3) is 0 Å². The SMILES string of the molecule is CNC(O)CCCC1CCCCC1. The molecule has 0 bridgehead atoms. The first-order valence-electron chi connectivity index (χ1n) is 5.68. The van der Waals surface area contributed by atoms with Crippen molar-refractivity contribution in [2.45, 2.75) is 57.6 Å². The second-order valence-corrected chi connectivity index (χ2v) is 4.24. The Hall–Kier alpha value is -0.0800. The molecule has 0 radical (unpaired) electrons. The Morgan fingerprint density at radius 1 is 1.31 bits per heavy atom. The van der Waals surface area contributed by atoms with Crippen LogP contribution in [0.4, 0.5) is 0 Å². The lowest BCUT2D eigenvalue weighted by Crippen LogP contribution is -2.24. The molecule has 1 rings (SSSR count). The van der Waals surface area contributed by atoms with E-state index in [-0.39, 0.29) is 6.23 Å².